The van der Waals surface area contributed by atoms with Crippen molar-refractivity contribution in [1.82, 2.24) is 10.6 Å². The first-order chi connectivity index (χ1) is 28.0. The van der Waals surface area contributed by atoms with Crippen LogP contribution in [-0.4, -0.2) is 53.7 Å². The number of allylic oxidation sites excluding steroid dienone is 2. The van der Waals surface area contributed by atoms with Crippen LogP contribution < -0.4 is 15.4 Å². The number of ketones is 2. The molecule has 10 heteroatoms. The van der Waals surface area contributed by atoms with Crippen LogP contribution in [0.25, 0.3) is 0 Å². The van der Waals surface area contributed by atoms with Crippen molar-refractivity contribution in [2.75, 3.05) is 13.7 Å². The summed E-state index contributed by atoms with van der Waals surface area (Å²) in [6.45, 7) is 20.2. The van der Waals surface area contributed by atoms with E-state index in [0.29, 0.717) is 59.3 Å². The van der Waals surface area contributed by atoms with Gasteiger partial charge in [-0.05, 0) is 153 Å². The Balaban J connectivity index is 1.05. The third-order valence-corrected chi connectivity index (χ3v) is 18.3. The number of carbonyl (C=O) groups is 5. The number of amides is 2. The van der Waals surface area contributed by atoms with Crippen LogP contribution in [0.3, 0.4) is 0 Å². The standard InChI is InChI=1S/C50H71ClN2O7/c1-27(2)42-37(55)24-50(25-41(56)52-26-46(4,5)53-44(57)32-12-11-30(51)22-38(32)60-10)20-16-35-31(43(42)50)13-14-40-48(35,8)19-17-39-47(6,7)29(15-18-49(39,40)9)21-36(54)33-23-34(28(33)3)45(58)59/h11-12,22,27-29,31,33-35,39-40H,13-21,23-26H2,1-10H3,(H,52,56)(H,53,57)(H,58,59). The van der Waals surface area contributed by atoms with Gasteiger partial charge in [0.05, 0.1) is 24.1 Å². The van der Waals surface area contributed by atoms with E-state index >= 15 is 0 Å². The minimum absolute atomic E-state index is 0.000397. The quantitative estimate of drug-likeness (QED) is 0.190. The van der Waals surface area contributed by atoms with E-state index in [9.17, 15) is 29.1 Å². The molecule has 60 heavy (non-hydrogen) atoms. The van der Waals surface area contributed by atoms with E-state index < -0.39 is 22.8 Å². The van der Waals surface area contributed by atoms with Gasteiger partial charge in [-0.3, -0.25) is 24.0 Å². The Labute approximate surface area is 363 Å². The van der Waals surface area contributed by atoms with Gasteiger partial charge in [-0.25, -0.2) is 0 Å². The zero-order valence-electron chi connectivity index (χ0n) is 37.9. The predicted molar refractivity (Wildman–Crippen MR) is 233 cm³/mol. The molecule has 5 saturated carbocycles. The number of carbonyl (C=O) groups excluding carboxylic acids is 4. The molecule has 0 spiro atoms. The highest BCUT2D eigenvalue weighted by molar-refractivity contribution is 6.30. The van der Waals surface area contributed by atoms with Crippen molar-refractivity contribution in [1.29, 1.82) is 0 Å². The lowest BCUT2D eigenvalue weighted by Crippen LogP contribution is -2.62. The Kier molecular flexibility index (Phi) is 11.9. The topological polar surface area (TPSA) is 139 Å². The number of fused-ring (bicyclic) bond motifs is 7. The molecular weight excluding hydrogens is 776 g/mol. The summed E-state index contributed by atoms with van der Waals surface area (Å²) in [6, 6.07) is 4.88. The molecule has 0 heterocycles. The van der Waals surface area contributed by atoms with Gasteiger partial charge in [-0.1, -0.05) is 65.6 Å². The van der Waals surface area contributed by atoms with Gasteiger partial charge in [0.1, 0.15) is 11.5 Å². The van der Waals surface area contributed by atoms with Crippen LogP contribution in [-0.2, 0) is 19.2 Å². The summed E-state index contributed by atoms with van der Waals surface area (Å²) in [5, 5.41) is 16.2. The summed E-state index contributed by atoms with van der Waals surface area (Å²) in [5.74, 6) is 1.25. The monoisotopic (exact) mass is 846 g/mol. The molecule has 0 aliphatic heterocycles. The average Bonchev–Trinajstić information content (AvgIpc) is 3.45. The maximum absolute atomic E-state index is 14.1. The molecular formula is C50H71ClN2O7. The molecule has 6 aliphatic rings. The molecule has 0 radical (unpaired) electrons. The third-order valence-electron chi connectivity index (χ3n) is 18.0. The third kappa shape index (κ3) is 7.46. The first kappa shape index (κ1) is 44.8. The Morgan fingerprint density at radius 2 is 1.65 bits per heavy atom. The van der Waals surface area contributed by atoms with Crippen molar-refractivity contribution in [3.05, 3.63) is 39.9 Å². The van der Waals surface area contributed by atoms with Crippen molar-refractivity contribution in [2.45, 2.75) is 145 Å². The van der Waals surface area contributed by atoms with Gasteiger partial charge in [0, 0.05) is 42.2 Å². The highest BCUT2D eigenvalue weighted by atomic mass is 35.5. The summed E-state index contributed by atoms with van der Waals surface area (Å²) < 4.78 is 5.39. The number of carboxylic acids is 1. The Hall–Kier alpha value is -3.20. The van der Waals surface area contributed by atoms with Crippen LogP contribution in [0.1, 0.15) is 150 Å². The maximum atomic E-state index is 14.1. The number of rotatable bonds is 12. The van der Waals surface area contributed by atoms with Crippen molar-refractivity contribution in [3.63, 3.8) is 0 Å². The molecule has 1 aromatic rings. The van der Waals surface area contributed by atoms with Crippen LogP contribution in [0, 0.1) is 74.9 Å². The number of benzene rings is 1. The van der Waals surface area contributed by atoms with Gasteiger partial charge in [0.2, 0.25) is 5.91 Å². The van der Waals surface area contributed by atoms with Crippen LogP contribution in [0.5, 0.6) is 5.75 Å². The first-order valence-corrected chi connectivity index (χ1v) is 23.3. The summed E-state index contributed by atoms with van der Waals surface area (Å²) in [7, 11) is 1.50. The molecule has 0 bridgehead atoms. The highest BCUT2D eigenvalue weighted by Gasteiger charge is 2.66. The second kappa shape index (κ2) is 15.9. The maximum Gasteiger partial charge on any atom is 0.306 e. The molecule has 7 rings (SSSR count). The number of carboxylic acid groups (broad SMARTS) is 1. The van der Waals surface area contributed by atoms with E-state index in [-0.39, 0.29) is 76.3 Å². The number of ether oxygens (including phenoxy) is 1. The number of methoxy groups -OCH3 is 1. The number of aliphatic carboxylic acids is 1. The smallest absolute Gasteiger partial charge is 0.306 e. The number of Topliss-reactive ketones (excluding diaryl/α,β-unsaturated/α-hetero) is 2. The van der Waals surface area contributed by atoms with Gasteiger partial charge in [-0.15, -0.1) is 0 Å². The van der Waals surface area contributed by atoms with Crippen LogP contribution in [0.4, 0.5) is 0 Å². The second-order valence-corrected chi connectivity index (χ2v) is 22.8. The summed E-state index contributed by atoms with van der Waals surface area (Å²) in [5.41, 5.74) is 1.66. The van der Waals surface area contributed by atoms with E-state index in [1.54, 1.807) is 18.2 Å². The van der Waals surface area contributed by atoms with E-state index in [4.69, 9.17) is 16.3 Å². The van der Waals surface area contributed by atoms with E-state index in [1.807, 2.05) is 20.8 Å². The van der Waals surface area contributed by atoms with Gasteiger partial charge in [-0.2, -0.15) is 0 Å². The number of hydrogen-bond donors (Lipinski definition) is 3. The Morgan fingerprint density at radius 1 is 0.950 bits per heavy atom. The molecule has 1 aromatic carbocycles. The fourth-order valence-corrected chi connectivity index (χ4v) is 15.1. The van der Waals surface area contributed by atoms with Gasteiger partial charge in [0.25, 0.3) is 5.91 Å². The van der Waals surface area contributed by atoms with E-state index in [1.165, 1.54) is 12.7 Å². The number of nitrogens with one attached hydrogen (secondary N) is 2. The molecule has 9 nitrogen and oxygen atoms in total. The number of halogens is 1. The zero-order chi connectivity index (χ0) is 43.9. The molecule has 0 aromatic heterocycles. The van der Waals surface area contributed by atoms with Crippen molar-refractivity contribution >= 4 is 41.0 Å². The summed E-state index contributed by atoms with van der Waals surface area (Å²) in [6.07, 6.45) is 10.1. The molecule has 330 valence electrons. The zero-order valence-corrected chi connectivity index (χ0v) is 38.7. The molecule has 6 aliphatic carbocycles. The minimum atomic E-state index is -0.776. The van der Waals surface area contributed by atoms with E-state index in [2.05, 4.69) is 52.2 Å². The lowest BCUT2D eigenvalue weighted by atomic mass is 9.35. The average molecular weight is 848 g/mol. The van der Waals surface area contributed by atoms with Crippen LogP contribution in [0.15, 0.2) is 29.3 Å². The Morgan fingerprint density at radius 3 is 2.30 bits per heavy atom. The highest BCUT2D eigenvalue weighted by Crippen LogP contribution is 2.74. The van der Waals surface area contributed by atoms with Gasteiger partial charge < -0.3 is 20.5 Å². The lowest BCUT2D eigenvalue weighted by molar-refractivity contribution is -0.193. The molecule has 2 amide bonds. The first-order valence-electron chi connectivity index (χ1n) is 23.0. The van der Waals surface area contributed by atoms with Crippen molar-refractivity contribution < 1.29 is 33.8 Å². The SMILES string of the molecule is COc1cc(Cl)ccc1C(=O)NC(C)(C)CNC(=O)CC12CCC3C(CCC4C3(C)CCC3C(C)(C)C(CC(=O)C5CC(C(=O)O)C5C)CCC34C)C1=C(C(C)C)C(=O)C2. The summed E-state index contributed by atoms with van der Waals surface area (Å²) >= 11 is 6.12. The normalized spacial score (nSPS) is 36.9. The van der Waals surface area contributed by atoms with Gasteiger partial charge >= 0.3 is 5.97 Å². The van der Waals surface area contributed by atoms with Crippen molar-refractivity contribution in [3.8, 4) is 5.75 Å². The largest absolute Gasteiger partial charge is 0.496 e. The molecule has 3 N–H and O–H groups in total. The number of hydrogen-bond acceptors (Lipinski definition) is 6. The molecule has 11 atom stereocenters. The molecule has 0 saturated heterocycles. The fraction of sp³-hybridized carbons (Fsp3) is 0.740. The predicted octanol–water partition coefficient (Wildman–Crippen LogP) is 9.89. The van der Waals surface area contributed by atoms with Crippen LogP contribution >= 0.6 is 11.6 Å². The molecule has 5 fully saturated rings. The lowest BCUT2D eigenvalue weighted by Gasteiger charge is -2.69. The Bertz CT molecular complexity index is 1970. The fourth-order valence-electron chi connectivity index (χ4n) is 15.0. The van der Waals surface area contributed by atoms with Gasteiger partial charge in [0.15, 0.2) is 5.78 Å². The van der Waals surface area contributed by atoms with Crippen LogP contribution in [0.2, 0.25) is 5.02 Å². The molecule has 11 unspecified atom stereocenters. The van der Waals surface area contributed by atoms with Crippen molar-refractivity contribution in [2.24, 2.45) is 74.9 Å². The second-order valence-electron chi connectivity index (χ2n) is 22.4. The summed E-state index contributed by atoms with van der Waals surface area (Å²) in [4.78, 5) is 66.7. The minimum Gasteiger partial charge on any atom is -0.496 e. The van der Waals surface area contributed by atoms with E-state index in [0.717, 1.165) is 56.9 Å².